The first kappa shape index (κ1) is 16.1. The van der Waals surface area contributed by atoms with Gasteiger partial charge in [-0.05, 0) is 30.3 Å². The summed E-state index contributed by atoms with van der Waals surface area (Å²) in [5, 5.41) is 6.90. The maximum atomic E-state index is 5.38. The van der Waals surface area contributed by atoms with Gasteiger partial charge in [-0.2, -0.15) is 0 Å². The Labute approximate surface area is 136 Å². The molecule has 2 N–H and O–H groups in total. The molecule has 22 heavy (non-hydrogen) atoms. The number of thiocarbonyl (C=S) groups is 1. The highest BCUT2D eigenvalue weighted by molar-refractivity contribution is 7.80. The second kappa shape index (κ2) is 7.66. The Morgan fingerprint density at radius 1 is 1.00 bits per heavy atom. The van der Waals surface area contributed by atoms with Crippen molar-refractivity contribution in [3.05, 3.63) is 48.0 Å². The molecule has 0 atom stereocenters. The summed E-state index contributed by atoms with van der Waals surface area (Å²) in [5.74, 6) is 1.41. The Morgan fingerprint density at radius 2 is 1.64 bits per heavy atom. The van der Waals surface area contributed by atoms with E-state index < -0.39 is 0 Å². The van der Waals surface area contributed by atoms with E-state index in [9.17, 15) is 0 Å². The van der Waals surface area contributed by atoms with Gasteiger partial charge in [0.2, 0.25) is 0 Å². The summed E-state index contributed by atoms with van der Waals surface area (Å²) in [5.41, 5.74) is 3.04. The number of nitrogens with one attached hydrogen (secondary N) is 2. The van der Waals surface area contributed by atoms with Crippen molar-refractivity contribution >= 4 is 28.7 Å². The largest absolute Gasteiger partial charge is 0.497 e. The molecule has 0 saturated heterocycles. The monoisotopic (exact) mass is 316 g/mol. The first-order valence-electron chi connectivity index (χ1n) is 7.05. The topological polar surface area (TPSA) is 42.5 Å². The molecule has 0 bridgehead atoms. The molecule has 0 heterocycles. The zero-order valence-electron chi connectivity index (χ0n) is 13.0. The fourth-order valence-corrected chi connectivity index (χ4v) is 2.34. The van der Waals surface area contributed by atoms with Crippen LogP contribution in [-0.2, 0) is 6.42 Å². The lowest BCUT2D eigenvalue weighted by Gasteiger charge is -2.14. The molecule has 2 aromatic rings. The number of hydrogen-bond donors (Lipinski definition) is 2. The summed E-state index contributed by atoms with van der Waals surface area (Å²) in [4.78, 5) is 0. The number of anilines is 2. The molecule has 2 aromatic carbocycles. The molecule has 0 unspecified atom stereocenters. The molecule has 0 amide bonds. The van der Waals surface area contributed by atoms with Crippen LogP contribution in [-0.4, -0.2) is 19.3 Å². The molecule has 5 heteroatoms. The molecule has 0 aliphatic carbocycles. The lowest BCUT2D eigenvalue weighted by Crippen LogP contribution is -2.19. The van der Waals surface area contributed by atoms with Crippen molar-refractivity contribution in [1.82, 2.24) is 0 Å². The molecule has 0 radical (unpaired) electrons. The minimum absolute atomic E-state index is 0.524. The van der Waals surface area contributed by atoms with E-state index in [0.29, 0.717) is 16.6 Å². The van der Waals surface area contributed by atoms with Gasteiger partial charge in [-0.1, -0.05) is 25.1 Å². The normalized spacial score (nSPS) is 9.95. The zero-order valence-corrected chi connectivity index (χ0v) is 13.8. The fourth-order valence-electron chi connectivity index (χ4n) is 2.11. The average Bonchev–Trinajstić information content (AvgIpc) is 2.54. The van der Waals surface area contributed by atoms with Gasteiger partial charge in [0.15, 0.2) is 5.11 Å². The third-order valence-electron chi connectivity index (χ3n) is 3.26. The van der Waals surface area contributed by atoms with Crippen molar-refractivity contribution < 1.29 is 9.47 Å². The highest BCUT2D eigenvalue weighted by Crippen LogP contribution is 2.26. The van der Waals surface area contributed by atoms with Gasteiger partial charge < -0.3 is 20.1 Å². The van der Waals surface area contributed by atoms with Gasteiger partial charge in [0, 0.05) is 29.6 Å². The third-order valence-corrected chi connectivity index (χ3v) is 3.46. The van der Waals surface area contributed by atoms with Crippen LogP contribution in [0.2, 0.25) is 0 Å². The summed E-state index contributed by atoms with van der Waals surface area (Å²) in [6.45, 7) is 2.11. The molecule has 0 aliphatic rings. The molecule has 0 saturated carbocycles. The summed E-state index contributed by atoms with van der Waals surface area (Å²) >= 11 is 5.38. The Balaban J connectivity index is 2.12. The smallest absolute Gasteiger partial charge is 0.175 e. The number of ether oxygens (including phenoxy) is 2. The van der Waals surface area contributed by atoms with E-state index in [4.69, 9.17) is 21.7 Å². The van der Waals surface area contributed by atoms with Crippen molar-refractivity contribution in [1.29, 1.82) is 0 Å². The third kappa shape index (κ3) is 4.11. The lowest BCUT2D eigenvalue weighted by molar-refractivity contribution is 0.395. The van der Waals surface area contributed by atoms with Gasteiger partial charge in [-0.3, -0.25) is 0 Å². The van der Waals surface area contributed by atoms with E-state index in [1.165, 1.54) is 5.56 Å². The molecule has 0 fully saturated rings. The SMILES string of the molecule is CCc1ccccc1NC(=S)Nc1cc(OC)cc(OC)c1. The minimum Gasteiger partial charge on any atom is -0.497 e. The standard InChI is InChI=1S/C17H20N2O2S/c1-4-12-7-5-6-8-16(12)19-17(22)18-13-9-14(20-2)11-15(10-13)21-3/h5-11H,4H2,1-3H3,(H2,18,19,22). The van der Waals surface area contributed by atoms with Crippen LogP contribution in [0.3, 0.4) is 0 Å². The maximum absolute atomic E-state index is 5.38. The molecule has 116 valence electrons. The Kier molecular flexibility index (Phi) is 5.61. The molecule has 0 aliphatic heterocycles. The molecular formula is C17H20N2O2S. The molecule has 2 rings (SSSR count). The quantitative estimate of drug-likeness (QED) is 0.814. The molecular weight excluding hydrogens is 296 g/mol. The van der Waals surface area contributed by atoms with E-state index in [0.717, 1.165) is 17.8 Å². The van der Waals surface area contributed by atoms with Crippen molar-refractivity contribution in [2.45, 2.75) is 13.3 Å². The van der Waals surface area contributed by atoms with Crippen LogP contribution in [0.15, 0.2) is 42.5 Å². The molecule has 4 nitrogen and oxygen atoms in total. The van der Waals surface area contributed by atoms with E-state index in [1.807, 2.05) is 36.4 Å². The Morgan fingerprint density at radius 3 is 2.23 bits per heavy atom. The van der Waals surface area contributed by atoms with Crippen LogP contribution in [0.25, 0.3) is 0 Å². The summed E-state index contributed by atoms with van der Waals surface area (Å²) in [6, 6.07) is 13.6. The highest BCUT2D eigenvalue weighted by Gasteiger charge is 2.05. The average molecular weight is 316 g/mol. The van der Waals surface area contributed by atoms with Crippen LogP contribution >= 0.6 is 12.2 Å². The number of benzene rings is 2. The summed E-state index contributed by atoms with van der Waals surface area (Å²) in [6.07, 6.45) is 0.943. The van der Waals surface area contributed by atoms with E-state index in [2.05, 4.69) is 23.6 Å². The van der Waals surface area contributed by atoms with Gasteiger partial charge in [0.1, 0.15) is 11.5 Å². The number of hydrogen-bond acceptors (Lipinski definition) is 3. The molecule has 0 spiro atoms. The number of methoxy groups -OCH3 is 2. The Hall–Kier alpha value is -2.27. The van der Waals surface area contributed by atoms with E-state index in [-0.39, 0.29) is 0 Å². The van der Waals surface area contributed by atoms with Crippen molar-refractivity contribution in [2.24, 2.45) is 0 Å². The first-order valence-corrected chi connectivity index (χ1v) is 7.46. The number of para-hydroxylation sites is 1. The van der Waals surface area contributed by atoms with Gasteiger partial charge in [0.05, 0.1) is 14.2 Å². The predicted octanol–water partition coefficient (Wildman–Crippen LogP) is 4.08. The summed E-state index contributed by atoms with van der Waals surface area (Å²) in [7, 11) is 3.24. The zero-order chi connectivity index (χ0) is 15.9. The highest BCUT2D eigenvalue weighted by atomic mass is 32.1. The van der Waals surface area contributed by atoms with Gasteiger partial charge >= 0.3 is 0 Å². The van der Waals surface area contributed by atoms with E-state index in [1.54, 1.807) is 14.2 Å². The van der Waals surface area contributed by atoms with Crippen LogP contribution in [0.4, 0.5) is 11.4 Å². The maximum Gasteiger partial charge on any atom is 0.175 e. The van der Waals surface area contributed by atoms with Crippen LogP contribution in [0.1, 0.15) is 12.5 Å². The van der Waals surface area contributed by atoms with Gasteiger partial charge in [-0.15, -0.1) is 0 Å². The van der Waals surface area contributed by atoms with Crippen LogP contribution < -0.4 is 20.1 Å². The summed E-state index contributed by atoms with van der Waals surface area (Å²) < 4.78 is 10.5. The minimum atomic E-state index is 0.524. The molecule has 0 aromatic heterocycles. The number of aryl methyl sites for hydroxylation is 1. The van der Waals surface area contributed by atoms with Crippen molar-refractivity contribution in [3.63, 3.8) is 0 Å². The van der Waals surface area contributed by atoms with Crippen LogP contribution in [0, 0.1) is 0 Å². The van der Waals surface area contributed by atoms with Crippen LogP contribution in [0.5, 0.6) is 11.5 Å². The second-order valence-corrected chi connectivity index (χ2v) is 5.10. The second-order valence-electron chi connectivity index (χ2n) is 4.69. The lowest BCUT2D eigenvalue weighted by atomic mass is 10.1. The van der Waals surface area contributed by atoms with Gasteiger partial charge in [0.25, 0.3) is 0 Å². The first-order chi connectivity index (χ1) is 10.7. The van der Waals surface area contributed by atoms with E-state index >= 15 is 0 Å². The Bertz CT molecular complexity index is 637. The van der Waals surface area contributed by atoms with Gasteiger partial charge in [-0.25, -0.2) is 0 Å². The van der Waals surface area contributed by atoms with Crippen molar-refractivity contribution in [2.75, 3.05) is 24.9 Å². The number of rotatable bonds is 5. The fraction of sp³-hybridized carbons (Fsp3) is 0.235. The predicted molar refractivity (Wildman–Crippen MR) is 95.2 cm³/mol. The van der Waals surface area contributed by atoms with Crippen molar-refractivity contribution in [3.8, 4) is 11.5 Å².